The fraction of sp³-hybridized carbons (Fsp3) is 0.321. The van der Waals surface area contributed by atoms with Gasteiger partial charge in [-0.1, -0.05) is 36.4 Å². The Labute approximate surface area is 223 Å². The van der Waals surface area contributed by atoms with E-state index in [4.69, 9.17) is 4.74 Å². The number of carbonyl (C=O) groups excluding carboxylic acids is 3. The first-order valence-corrected chi connectivity index (χ1v) is 13.5. The second-order valence-corrected chi connectivity index (χ2v) is 11.3. The normalized spacial score (nSPS) is 17.1. The van der Waals surface area contributed by atoms with E-state index < -0.39 is 34.8 Å². The van der Waals surface area contributed by atoms with Gasteiger partial charge in [-0.2, -0.15) is 0 Å². The summed E-state index contributed by atoms with van der Waals surface area (Å²) in [5.41, 5.74) is 1.02. The highest BCUT2D eigenvalue weighted by atomic mass is 32.2. The highest BCUT2D eigenvalue weighted by molar-refractivity contribution is 7.80. The summed E-state index contributed by atoms with van der Waals surface area (Å²) in [7, 11) is 0. The molecule has 198 valence electrons. The van der Waals surface area contributed by atoms with Crippen molar-refractivity contribution >= 4 is 51.3 Å². The number of anilines is 2. The molecule has 1 fully saturated rings. The first kappa shape index (κ1) is 25.9. The van der Waals surface area contributed by atoms with Crippen LogP contribution in [0.3, 0.4) is 0 Å². The zero-order valence-electron chi connectivity index (χ0n) is 21.4. The number of piperidine rings is 1. The van der Waals surface area contributed by atoms with E-state index in [1.807, 2.05) is 32.9 Å². The van der Waals surface area contributed by atoms with Gasteiger partial charge in [-0.3, -0.25) is 18.4 Å². The van der Waals surface area contributed by atoms with Crippen molar-refractivity contribution in [3.05, 3.63) is 71.8 Å². The van der Waals surface area contributed by atoms with E-state index in [0.717, 1.165) is 4.90 Å². The predicted molar refractivity (Wildman–Crippen MR) is 146 cm³/mol. The Morgan fingerprint density at radius 3 is 2.03 bits per heavy atom. The molecule has 0 saturated carbocycles. The van der Waals surface area contributed by atoms with E-state index in [9.17, 15) is 23.1 Å². The van der Waals surface area contributed by atoms with Gasteiger partial charge in [0.2, 0.25) is 0 Å². The molecule has 9 nitrogen and oxygen atoms in total. The van der Waals surface area contributed by atoms with Crippen LogP contribution in [0, 0.1) is 0 Å². The van der Waals surface area contributed by atoms with Crippen LogP contribution in [0.4, 0.5) is 16.2 Å². The van der Waals surface area contributed by atoms with Crippen LogP contribution in [0.15, 0.2) is 60.7 Å². The molecule has 1 atom stereocenters. The van der Waals surface area contributed by atoms with Crippen molar-refractivity contribution in [1.82, 2.24) is 4.90 Å². The number of hydrogen-bond acceptors (Lipinski definition) is 5. The van der Waals surface area contributed by atoms with E-state index in [2.05, 4.69) is 0 Å². The number of fused-ring (bicyclic) bond motifs is 2. The Balaban J connectivity index is 1.47. The largest absolute Gasteiger partial charge is 0.444 e. The number of carbonyl (C=O) groups is 3. The standard InChI is InChI=1S/C28H29N3O6S/c1-28(2,3)37-27(34)29-16-14-18(15-17-29)31(38(35)36)24-13-12-23(19-8-4-5-9-20(19)24)30-25(32)21-10-6-7-11-22(21)26(30)33/h4-13,18H,14-17H2,1-3H3,(H,35,36). The summed E-state index contributed by atoms with van der Waals surface area (Å²) in [6.07, 6.45) is 0.545. The molecule has 38 heavy (non-hydrogen) atoms. The zero-order valence-corrected chi connectivity index (χ0v) is 22.2. The third-order valence-corrected chi connectivity index (χ3v) is 7.60. The Morgan fingerprint density at radius 1 is 0.921 bits per heavy atom. The van der Waals surface area contributed by atoms with Crippen molar-refractivity contribution in [2.45, 2.75) is 45.3 Å². The fourth-order valence-corrected chi connectivity index (χ4v) is 5.87. The summed E-state index contributed by atoms with van der Waals surface area (Å²) < 4.78 is 29.9. The monoisotopic (exact) mass is 535 g/mol. The molecule has 0 bridgehead atoms. The molecule has 3 aromatic rings. The van der Waals surface area contributed by atoms with Gasteiger partial charge in [0.05, 0.1) is 22.5 Å². The molecular weight excluding hydrogens is 506 g/mol. The lowest BCUT2D eigenvalue weighted by atomic mass is 10.0. The molecule has 5 rings (SSSR count). The number of rotatable bonds is 4. The van der Waals surface area contributed by atoms with Crippen LogP contribution >= 0.6 is 0 Å². The second kappa shape index (κ2) is 9.85. The second-order valence-electron chi connectivity index (χ2n) is 10.4. The summed E-state index contributed by atoms with van der Waals surface area (Å²) >= 11 is -2.35. The molecule has 2 heterocycles. The van der Waals surface area contributed by atoms with Crippen molar-refractivity contribution in [2.24, 2.45) is 0 Å². The topological polar surface area (TPSA) is 107 Å². The third-order valence-electron chi connectivity index (χ3n) is 6.77. The van der Waals surface area contributed by atoms with Gasteiger partial charge in [0, 0.05) is 29.9 Å². The molecule has 1 N–H and O–H groups in total. The maximum Gasteiger partial charge on any atom is 0.410 e. The number of nitrogens with zero attached hydrogens (tertiary/aromatic N) is 3. The molecule has 3 amide bonds. The van der Waals surface area contributed by atoms with E-state index in [1.165, 1.54) is 4.31 Å². The maximum atomic E-state index is 13.2. The summed E-state index contributed by atoms with van der Waals surface area (Å²) in [4.78, 5) is 41.6. The van der Waals surface area contributed by atoms with Crippen molar-refractivity contribution < 1.29 is 27.9 Å². The van der Waals surface area contributed by atoms with E-state index in [0.29, 0.717) is 59.2 Å². The van der Waals surface area contributed by atoms with Crippen LogP contribution in [-0.2, 0) is 16.0 Å². The van der Waals surface area contributed by atoms with Crippen molar-refractivity contribution in [3.8, 4) is 0 Å². The van der Waals surface area contributed by atoms with Crippen molar-refractivity contribution in [3.63, 3.8) is 0 Å². The van der Waals surface area contributed by atoms with Crippen LogP contribution in [0.5, 0.6) is 0 Å². The summed E-state index contributed by atoms with van der Waals surface area (Å²) in [5, 5.41) is 1.25. The summed E-state index contributed by atoms with van der Waals surface area (Å²) in [5.74, 6) is -0.804. The highest BCUT2D eigenvalue weighted by Gasteiger charge is 2.38. The van der Waals surface area contributed by atoms with Crippen molar-refractivity contribution in [1.29, 1.82) is 0 Å². The van der Waals surface area contributed by atoms with Gasteiger partial charge >= 0.3 is 6.09 Å². The van der Waals surface area contributed by atoms with Gasteiger partial charge < -0.3 is 9.64 Å². The van der Waals surface area contributed by atoms with Crippen LogP contribution < -0.4 is 9.21 Å². The number of amides is 3. The predicted octanol–water partition coefficient (Wildman–Crippen LogP) is 4.98. The quantitative estimate of drug-likeness (QED) is 0.373. The minimum atomic E-state index is -2.35. The molecule has 0 spiro atoms. The van der Waals surface area contributed by atoms with Crippen LogP contribution in [0.1, 0.15) is 54.3 Å². The smallest absolute Gasteiger partial charge is 0.410 e. The zero-order chi connectivity index (χ0) is 27.2. The molecule has 2 aliphatic heterocycles. The molecule has 0 radical (unpaired) electrons. The molecule has 1 unspecified atom stereocenters. The lowest BCUT2D eigenvalue weighted by Crippen LogP contribution is -2.48. The molecule has 10 heteroatoms. The average molecular weight is 536 g/mol. The van der Waals surface area contributed by atoms with E-state index in [1.54, 1.807) is 53.4 Å². The summed E-state index contributed by atoms with van der Waals surface area (Å²) in [6, 6.07) is 16.9. The maximum absolute atomic E-state index is 13.2. The lowest BCUT2D eigenvalue weighted by Gasteiger charge is -2.38. The van der Waals surface area contributed by atoms with E-state index >= 15 is 0 Å². The Morgan fingerprint density at radius 2 is 1.47 bits per heavy atom. The fourth-order valence-electron chi connectivity index (χ4n) is 5.08. The van der Waals surface area contributed by atoms with Gasteiger partial charge in [-0.25, -0.2) is 13.9 Å². The van der Waals surface area contributed by atoms with E-state index in [-0.39, 0.29) is 6.04 Å². The molecule has 0 aliphatic carbocycles. The molecule has 1 saturated heterocycles. The number of benzene rings is 3. The molecule has 2 aliphatic rings. The van der Waals surface area contributed by atoms with Crippen LogP contribution in [0.25, 0.3) is 10.8 Å². The van der Waals surface area contributed by atoms with Crippen LogP contribution in [-0.4, -0.2) is 56.3 Å². The highest BCUT2D eigenvalue weighted by Crippen LogP contribution is 2.39. The van der Waals surface area contributed by atoms with Gasteiger partial charge in [-0.05, 0) is 57.9 Å². The Hall–Kier alpha value is -3.76. The molecule has 3 aromatic carbocycles. The minimum absolute atomic E-state index is 0.312. The van der Waals surface area contributed by atoms with Crippen LogP contribution in [0.2, 0.25) is 0 Å². The average Bonchev–Trinajstić information content (AvgIpc) is 3.13. The molecule has 0 aromatic heterocycles. The number of likely N-dealkylation sites (tertiary alicyclic amines) is 1. The number of ether oxygens (including phenoxy) is 1. The number of hydrogen-bond donors (Lipinski definition) is 1. The number of imide groups is 1. The minimum Gasteiger partial charge on any atom is -0.444 e. The van der Waals surface area contributed by atoms with Crippen molar-refractivity contribution in [2.75, 3.05) is 22.3 Å². The van der Waals surface area contributed by atoms with Gasteiger partial charge in [-0.15, -0.1) is 0 Å². The Kier molecular flexibility index (Phi) is 6.70. The molecular formula is C28H29N3O6S. The third kappa shape index (κ3) is 4.65. The van der Waals surface area contributed by atoms with Gasteiger partial charge in [0.1, 0.15) is 5.60 Å². The first-order valence-electron chi connectivity index (χ1n) is 12.4. The van der Waals surface area contributed by atoms with Gasteiger partial charge in [0.25, 0.3) is 23.1 Å². The lowest BCUT2D eigenvalue weighted by molar-refractivity contribution is 0.0207. The SMILES string of the molecule is CC(C)(C)OC(=O)N1CCC(N(c2ccc(N3C(=O)c4ccccc4C3=O)c3ccccc23)S(=O)O)CC1. The first-order chi connectivity index (χ1) is 18.1. The Bertz CT molecular complexity index is 1420. The summed E-state index contributed by atoms with van der Waals surface area (Å²) in [6.45, 7) is 6.21. The van der Waals surface area contributed by atoms with Gasteiger partial charge in [0.15, 0.2) is 0 Å².